The Morgan fingerprint density at radius 3 is 2.82 bits per heavy atom. The highest BCUT2D eigenvalue weighted by Crippen LogP contribution is 2.27. The molecule has 0 unspecified atom stereocenters. The molecule has 0 radical (unpaired) electrons. The minimum absolute atomic E-state index is 0.0931. The Morgan fingerprint density at radius 1 is 1.32 bits per heavy atom. The van der Waals surface area contributed by atoms with E-state index in [9.17, 15) is 4.79 Å². The molecule has 4 nitrogen and oxygen atoms in total. The van der Waals surface area contributed by atoms with Crippen LogP contribution >= 0.6 is 11.3 Å². The fourth-order valence-corrected chi connectivity index (χ4v) is 3.75. The molecule has 2 aromatic heterocycles. The van der Waals surface area contributed by atoms with Crippen LogP contribution in [0.4, 0.5) is 0 Å². The van der Waals surface area contributed by atoms with Crippen LogP contribution < -0.4 is 5.32 Å². The lowest BCUT2D eigenvalue weighted by Crippen LogP contribution is -2.36. The molecule has 1 N–H and O–H groups in total. The fraction of sp³-hybridized carbons (Fsp3) is 0.412. The van der Waals surface area contributed by atoms with E-state index in [-0.39, 0.29) is 11.9 Å². The maximum Gasteiger partial charge on any atom is 0.269 e. The molecular weight excluding hydrogens is 294 g/mol. The van der Waals surface area contributed by atoms with Gasteiger partial charge in [-0.25, -0.2) is 4.98 Å². The van der Waals surface area contributed by atoms with Gasteiger partial charge in [0.15, 0.2) is 0 Å². The molecular formula is C17H21N3OS. The lowest BCUT2D eigenvalue weighted by atomic mass is 10.2. The number of carbonyl (C=O) groups excluding carboxylic acids is 1. The van der Waals surface area contributed by atoms with E-state index >= 15 is 0 Å². The van der Waals surface area contributed by atoms with E-state index in [2.05, 4.69) is 32.7 Å². The van der Waals surface area contributed by atoms with Gasteiger partial charge >= 0.3 is 0 Å². The number of nitrogens with zero attached hydrogens (tertiary/aromatic N) is 2. The number of thiophene rings is 1. The van der Waals surface area contributed by atoms with Gasteiger partial charge in [-0.15, -0.1) is 11.3 Å². The van der Waals surface area contributed by atoms with E-state index < -0.39 is 0 Å². The first kappa shape index (κ1) is 15.2. The largest absolute Gasteiger partial charge is 0.349 e. The van der Waals surface area contributed by atoms with E-state index in [0.717, 1.165) is 18.8 Å². The Labute approximate surface area is 135 Å². The Morgan fingerprint density at radius 2 is 2.14 bits per heavy atom. The van der Waals surface area contributed by atoms with Gasteiger partial charge in [-0.2, -0.15) is 0 Å². The lowest BCUT2D eigenvalue weighted by Gasteiger charge is -2.26. The molecule has 0 bridgehead atoms. The van der Waals surface area contributed by atoms with Gasteiger partial charge in [-0.1, -0.05) is 12.1 Å². The summed E-state index contributed by atoms with van der Waals surface area (Å²) in [5.41, 5.74) is 1.35. The first-order valence-corrected chi connectivity index (χ1v) is 8.61. The topological polar surface area (TPSA) is 45.2 Å². The first-order chi connectivity index (χ1) is 10.7. The van der Waals surface area contributed by atoms with Gasteiger partial charge in [0.25, 0.3) is 5.91 Å². The summed E-state index contributed by atoms with van der Waals surface area (Å²) >= 11 is 1.76. The first-order valence-electron chi connectivity index (χ1n) is 7.73. The summed E-state index contributed by atoms with van der Waals surface area (Å²) in [6.07, 6.45) is 2.49. The standard InChI is InChI=1S/C17H21N3OS/c1-13-6-4-7-14(19-13)17(21)18-12-15(16-8-5-11-22-16)20-9-2-3-10-20/h4-8,11,15H,2-3,9-10,12H2,1H3,(H,18,21)/t15-/m1/s1. The molecule has 22 heavy (non-hydrogen) atoms. The predicted molar refractivity (Wildman–Crippen MR) is 89.2 cm³/mol. The smallest absolute Gasteiger partial charge is 0.269 e. The van der Waals surface area contributed by atoms with Gasteiger partial charge in [-0.3, -0.25) is 9.69 Å². The van der Waals surface area contributed by atoms with Crippen molar-refractivity contribution < 1.29 is 4.79 Å². The molecule has 1 aliphatic heterocycles. The maximum absolute atomic E-state index is 12.3. The molecule has 0 saturated carbocycles. The molecule has 3 rings (SSSR count). The number of hydrogen-bond donors (Lipinski definition) is 1. The third-order valence-electron chi connectivity index (χ3n) is 4.03. The molecule has 3 heterocycles. The normalized spacial score (nSPS) is 16.6. The van der Waals surface area contributed by atoms with Crippen LogP contribution in [0.2, 0.25) is 0 Å². The van der Waals surface area contributed by atoms with Gasteiger partial charge in [0.05, 0.1) is 6.04 Å². The maximum atomic E-state index is 12.3. The van der Waals surface area contributed by atoms with Crippen LogP contribution in [0, 0.1) is 6.92 Å². The number of amides is 1. The summed E-state index contributed by atoms with van der Waals surface area (Å²) in [6, 6.07) is 10.0. The average molecular weight is 315 g/mol. The van der Waals surface area contributed by atoms with Crippen molar-refractivity contribution in [3.63, 3.8) is 0 Å². The van der Waals surface area contributed by atoms with Crippen molar-refractivity contribution >= 4 is 17.2 Å². The van der Waals surface area contributed by atoms with E-state index in [1.54, 1.807) is 17.4 Å². The van der Waals surface area contributed by atoms with Crippen molar-refractivity contribution in [1.29, 1.82) is 0 Å². The summed E-state index contributed by atoms with van der Waals surface area (Å²) < 4.78 is 0. The third kappa shape index (κ3) is 3.54. The number of hydrogen-bond acceptors (Lipinski definition) is 4. The van der Waals surface area contributed by atoms with Gasteiger partial charge < -0.3 is 5.32 Å². The van der Waals surface area contributed by atoms with Crippen molar-refractivity contribution in [1.82, 2.24) is 15.2 Å². The van der Waals surface area contributed by atoms with E-state index in [0.29, 0.717) is 12.2 Å². The van der Waals surface area contributed by atoms with Crippen LogP contribution in [-0.2, 0) is 0 Å². The highest BCUT2D eigenvalue weighted by Gasteiger charge is 2.24. The number of likely N-dealkylation sites (tertiary alicyclic amines) is 1. The second-order valence-corrected chi connectivity index (χ2v) is 6.63. The minimum Gasteiger partial charge on any atom is -0.349 e. The van der Waals surface area contributed by atoms with Crippen LogP contribution in [0.1, 0.15) is 39.9 Å². The number of nitrogens with one attached hydrogen (secondary N) is 1. The zero-order chi connectivity index (χ0) is 15.4. The molecule has 0 spiro atoms. The predicted octanol–water partition coefficient (Wildman–Crippen LogP) is 3.02. The van der Waals surface area contributed by atoms with Crippen molar-refractivity contribution in [2.45, 2.75) is 25.8 Å². The van der Waals surface area contributed by atoms with Gasteiger partial charge in [-0.05, 0) is 56.4 Å². The number of rotatable bonds is 5. The molecule has 1 atom stereocenters. The van der Waals surface area contributed by atoms with Crippen LogP contribution in [0.25, 0.3) is 0 Å². The fourth-order valence-electron chi connectivity index (χ4n) is 2.89. The average Bonchev–Trinajstić information content (AvgIpc) is 3.21. The molecule has 0 aliphatic carbocycles. The molecule has 116 valence electrons. The third-order valence-corrected chi connectivity index (χ3v) is 5.00. The molecule has 0 aromatic carbocycles. The Kier molecular flexibility index (Phi) is 4.85. The van der Waals surface area contributed by atoms with E-state index in [1.807, 2.05) is 19.1 Å². The van der Waals surface area contributed by atoms with Gasteiger partial charge in [0.2, 0.25) is 0 Å². The molecule has 1 fully saturated rings. The summed E-state index contributed by atoms with van der Waals surface area (Å²) in [4.78, 5) is 20.4. The quantitative estimate of drug-likeness (QED) is 0.922. The van der Waals surface area contributed by atoms with Crippen LogP contribution in [0.5, 0.6) is 0 Å². The summed E-state index contributed by atoms with van der Waals surface area (Å²) in [6.45, 7) is 4.76. The number of carbonyl (C=O) groups is 1. The SMILES string of the molecule is Cc1cccc(C(=O)NC[C@H](c2cccs2)N2CCCC2)n1. The number of pyridine rings is 1. The molecule has 2 aromatic rings. The second-order valence-electron chi connectivity index (χ2n) is 5.65. The van der Waals surface area contributed by atoms with Crippen LogP contribution in [-0.4, -0.2) is 35.4 Å². The summed E-state index contributed by atoms with van der Waals surface area (Å²) in [7, 11) is 0. The van der Waals surface area contributed by atoms with E-state index in [4.69, 9.17) is 0 Å². The number of aryl methyl sites for hydroxylation is 1. The second kappa shape index (κ2) is 7.03. The van der Waals surface area contributed by atoms with Crippen LogP contribution in [0.15, 0.2) is 35.7 Å². The van der Waals surface area contributed by atoms with Gasteiger partial charge in [0.1, 0.15) is 5.69 Å². The van der Waals surface area contributed by atoms with Crippen molar-refractivity contribution in [2.75, 3.05) is 19.6 Å². The number of aromatic nitrogens is 1. The zero-order valence-corrected chi connectivity index (χ0v) is 13.6. The molecule has 1 amide bonds. The Bertz CT molecular complexity index is 621. The molecule has 1 saturated heterocycles. The molecule has 1 aliphatic rings. The van der Waals surface area contributed by atoms with Crippen LogP contribution in [0.3, 0.4) is 0 Å². The Balaban J connectivity index is 1.67. The lowest BCUT2D eigenvalue weighted by molar-refractivity contribution is 0.0933. The van der Waals surface area contributed by atoms with Crippen molar-refractivity contribution in [3.05, 3.63) is 52.0 Å². The highest BCUT2D eigenvalue weighted by molar-refractivity contribution is 7.10. The van der Waals surface area contributed by atoms with Crippen molar-refractivity contribution in [2.24, 2.45) is 0 Å². The highest BCUT2D eigenvalue weighted by atomic mass is 32.1. The zero-order valence-electron chi connectivity index (χ0n) is 12.8. The molecule has 5 heteroatoms. The minimum atomic E-state index is -0.0931. The Hall–Kier alpha value is -1.72. The monoisotopic (exact) mass is 315 g/mol. The van der Waals surface area contributed by atoms with E-state index in [1.165, 1.54) is 17.7 Å². The summed E-state index contributed by atoms with van der Waals surface area (Å²) in [5.74, 6) is -0.0931. The van der Waals surface area contributed by atoms with Crippen molar-refractivity contribution in [3.8, 4) is 0 Å². The summed E-state index contributed by atoms with van der Waals surface area (Å²) in [5, 5.41) is 5.15. The van der Waals surface area contributed by atoms with Gasteiger partial charge in [0, 0.05) is 17.1 Å².